The minimum absolute atomic E-state index is 0.296. The van der Waals surface area contributed by atoms with E-state index in [0.29, 0.717) is 6.04 Å². The molecule has 0 spiro atoms. The number of hydrogen-bond donors (Lipinski definition) is 6. The second-order valence-electron chi connectivity index (χ2n) is 7.60. The summed E-state index contributed by atoms with van der Waals surface area (Å²) < 4.78 is 2.20. The standard InChI is InChI=1S/C18H20Br2N6.C4H6O4/c19-11-9-12-14(4-8-22-16(12)13(20)10-11)21-6-2-7-24-18-25-15-3-1-5-23-17(15)26-18;5-3(6)1-2-4(7)8/h1,3,5,9-10,14,21-22H,2,4,6-8H2,(H2,23,24,25,26);1-2H2,(H,5,6)(H,7,8). The van der Waals surface area contributed by atoms with Gasteiger partial charge in [-0.3, -0.25) is 9.59 Å². The Bertz CT molecular complexity index is 1090. The lowest BCUT2D eigenvalue weighted by Crippen LogP contribution is -2.30. The van der Waals surface area contributed by atoms with E-state index in [9.17, 15) is 9.59 Å². The number of nitrogens with one attached hydrogen (secondary N) is 4. The number of rotatable bonds is 9. The van der Waals surface area contributed by atoms with Gasteiger partial charge < -0.3 is 31.1 Å². The van der Waals surface area contributed by atoms with Crippen LogP contribution in [0.15, 0.2) is 39.4 Å². The molecule has 0 saturated heterocycles. The lowest BCUT2D eigenvalue weighted by Gasteiger charge is -2.29. The predicted octanol–water partition coefficient (Wildman–Crippen LogP) is 4.37. The number of aromatic amines is 1. The Morgan fingerprint density at radius 3 is 2.62 bits per heavy atom. The van der Waals surface area contributed by atoms with Gasteiger partial charge in [0.15, 0.2) is 5.65 Å². The second kappa shape index (κ2) is 12.7. The smallest absolute Gasteiger partial charge is 0.303 e. The predicted molar refractivity (Wildman–Crippen MR) is 137 cm³/mol. The minimum Gasteiger partial charge on any atom is -0.481 e. The number of benzene rings is 1. The topological polar surface area (TPSA) is 152 Å². The number of H-pyrrole nitrogens is 1. The molecule has 34 heavy (non-hydrogen) atoms. The molecule has 12 heteroatoms. The maximum Gasteiger partial charge on any atom is 0.303 e. The molecule has 1 atom stereocenters. The Labute approximate surface area is 213 Å². The van der Waals surface area contributed by atoms with Gasteiger partial charge in [-0.05, 0) is 65.1 Å². The largest absolute Gasteiger partial charge is 0.481 e. The molecular weight excluding hydrogens is 572 g/mol. The highest BCUT2D eigenvalue weighted by Crippen LogP contribution is 2.38. The summed E-state index contributed by atoms with van der Waals surface area (Å²) >= 11 is 7.24. The number of carboxylic acids is 2. The quantitative estimate of drug-likeness (QED) is 0.197. The van der Waals surface area contributed by atoms with Crippen molar-refractivity contribution in [3.05, 3.63) is 45.0 Å². The highest BCUT2D eigenvalue weighted by molar-refractivity contribution is 9.11. The van der Waals surface area contributed by atoms with Gasteiger partial charge in [0.25, 0.3) is 0 Å². The molecule has 6 N–H and O–H groups in total. The van der Waals surface area contributed by atoms with E-state index in [1.54, 1.807) is 6.20 Å². The Hall–Kier alpha value is -2.70. The number of fused-ring (bicyclic) bond motifs is 2. The number of anilines is 2. The minimum atomic E-state index is -1.08. The van der Waals surface area contributed by atoms with Crippen LogP contribution in [0.1, 0.15) is 37.3 Å². The molecule has 3 aromatic rings. The molecule has 0 saturated carbocycles. The van der Waals surface area contributed by atoms with Gasteiger partial charge in [-0.2, -0.15) is 4.98 Å². The molecular formula is C22H26Br2N6O4. The SMILES string of the molecule is Brc1cc(Br)c2c(c1)C(NCCCNc1nc3ncccc3[nH]1)CCN2.O=C(O)CCC(=O)O. The Kier molecular flexibility index (Phi) is 9.66. The number of halogens is 2. The van der Waals surface area contributed by atoms with E-state index in [2.05, 4.69) is 74.9 Å². The molecule has 1 unspecified atom stereocenters. The molecule has 1 aromatic carbocycles. The number of hydrogen-bond acceptors (Lipinski definition) is 7. The number of pyridine rings is 1. The number of imidazole rings is 1. The molecule has 1 aliphatic rings. The number of carboxylic acid groups (broad SMARTS) is 2. The van der Waals surface area contributed by atoms with Gasteiger partial charge in [0, 0.05) is 34.3 Å². The average molecular weight is 598 g/mol. The van der Waals surface area contributed by atoms with Crippen molar-refractivity contribution in [2.45, 2.75) is 31.7 Å². The van der Waals surface area contributed by atoms with Crippen molar-refractivity contribution < 1.29 is 19.8 Å². The Morgan fingerprint density at radius 1 is 1.15 bits per heavy atom. The highest BCUT2D eigenvalue weighted by atomic mass is 79.9. The molecule has 0 aliphatic carbocycles. The zero-order valence-corrected chi connectivity index (χ0v) is 21.4. The maximum atomic E-state index is 9.64. The molecule has 0 fully saturated rings. The third-order valence-corrected chi connectivity index (χ3v) is 6.13. The van der Waals surface area contributed by atoms with Crippen LogP contribution in [-0.4, -0.2) is 56.7 Å². The van der Waals surface area contributed by atoms with Crippen LogP contribution in [0.3, 0.4) is 0 Å². The summed E-state index contributed by atoms with van der Waals surface area (Å²) in [6.07, 6.45) is 3.26. The monoisotopic (exact) mass is 596 g/mol. The van der Waals surface area contributed by atoms with Gasteiger partial charge in [0.1, 0.15) is 0 Å². The van der Waals surface area contributed by atoms with E-state index in [1.807, 2.05) is 12.1 Å². The first-order valence-electron chi connectivity index (χ1n) is 10.8. The average Bonchev–Trinajstić information content (AvgIpc) is 3.21. The molecule has 1 aliphatic heterocycles. The van der Waals surface area contributed by atoms with Gasteiger partial charge >= 0.3 is 11.9 Å². The molecule has 4 rings (SSSR count). The van der Waals surface area contributed by atoms with Crippen LogP contribution < -0.4 is 16.0 Å². The van der Waals surface area contributed by atoms with Crippen molar-refractivity contribution in [1.29, 1.82) is 0 Å². The summed E-state index contributed by atoms with van der Waals surface area (Å²) in [5, 5.41) is 26.3. The fraction of sp³-hybridized carbons (Fsp3) is 0.364. The van der Waals surface area contributed by atoms with Crippen molar-refractivity contribution in [2.24, 2.45) is 0 Å². The van der Waals surface area contributed by atoms with Crippen molar-refractivity contribution in [3.63, 3.8) is 0 Å². The van der Waals surface area contributed by atoms with Crippen molar-refractivity contribution >= 4 is 66.6 Å². The molecule has 2 aromatic heterocycles. The van der Waals surface area contributed by atoms with E-state index in [1.165, 1.54) is 11.3 Å². The van der Waals surface area contributed by atoms with E-state index < -0.39 is 11.9 Å². The lowest BCUT2D eigenvalue weighted by atomic mass is 9.98. The summed E-state index contributed by atoms with van der Waals surface area (Å²) in [7, 11) is 0. The molecule has 0 bridgehead atoms. The Balaban J connectivity index is 0.000000350. The second-order valence-corrected chi connectivity index (χ2v) is 9.37. The van der Waals surface area contributed by atoms with Crippen LogP contribution in [0.5, 0.6) is 0 Å². The van der Waals surface area contributed by atoms with Gasteiger partial charge in [0.05, 0.1) is 24.0 Å². The lowest BCUT2D eigenvalue weighted by molar-refractivity contribution is -0.143. The number of nitrogens with zero attached hydrogens (tertiary/aromatic N) is 2. The van der Waals surface area contributed by atoms with Gasteiger partial charge in [0.2, 0.25) is 5.95 Å². The summed E-state index contributed by atoms with van der Waals surface area (Å²) in [5.41, 5.74) is 4.21. The summed E-state index contributed by atoms with van der Waals surface area (Å²) in [6.45, 7) is 2.78. The summed E-state index contributed by atoms with van der Waals surface area (Å²) in [4.78, 5) is 31.2. The van der Waals surface area contributed by atoms with Crippen molar-refractivity contribution in [2.75, 3.05) is 30.3 Å². The molecule has 3 heterocycles. The zero-order valence-electron chi connectivity index (χ0n) is 18.3. The number of aliphatic carboxylic acids is 2. The molecule has 10 nitrogen and oxygen atoms in total. The van der Waals surface area contributed by atoms with Crippen LogP contribution >= 0.6 is 31.9 Å². The van der Waals surface area contributed by atoms with Crippen LogP contribution in [0.4, 0.5) is 11.6 Å². The van der Waals surface area contributed by atoms with Crippen LogP contribution in [0.2, 0.25) is 0 Å². The van der Waals surface area contributed by atoms with Crippen LogP contribution in [-0.2, 0) is 9.59 Å². The summed E-state index contributed by atoms with van der Waals surface area (Å²) in [6, 6.07) is 8.54. The molecule has 182 valence electrons. The van der Waals surface area contributed by atoms with Crippen LogP contribution in [0.25, 0.3) is 11.2 Å². The fourth-order valence-corrected chi connectivity index (χ4v) is 4.88. The maximum absolute atomic E-state index is 9.64. The van der Waals surface area contributed by atoms with Crippen molar-refractivity contribution in [1.82, 2.24) is 20.3 Å². The first-order valence-corrected chi connectivity index (χ1v) is 12.4. The fourth-order valence-electron chi connectivity index (χ4n) is 3.48. The highest BCUT2D eigenvalue weighted by Gasteiger charge is 2.21. The molecule has 0 amide bonds. The Morgan fingerprint density at radius 2 is 1.91 bits per heavy atom. The van der Waals surface area contributed by atoms with E-state index >= 15 is 0 Å². The summed E-state index contributed by atoms with van der Waals surface area (Å²) in [5.74, 6) is -1.38. The van der Waals surface area contributed by atoms with Crippen LogP contribution in [0, 0.1) is 0 Å². The first kappa shape index (κ1) is 25.9. The third-order valence-electron chi connectivity index (χ3n) is 5.04. The van der Waals surface area contributed by atoms with E-state index in [0.717, 1.165) is 58.5 Å². The van der Waals surface area contributed by atoms with E-state index in [4.69, 9.17) is 10.2 Å². The van der Waals surface area contributed by atoms with Crippen molar-refractivity contribution in [3.8, 4) is 0 Å². The normalized spacial score (nSPS) is 14.5. The first-order chi connectivity index (χ1) is 16.3. The molecule has 0 radical (unpaired) electrons. The van der Waals surface area contributed by atoms with E-state index in [-0.39, 0.29) is 12.8 Å². The van der Waals surface area contributed by atoms with Gasteiger partial charge in [-0.15, -0.1) is 0 Å². The zero-order chi connectivity index (χ0) is 24.5. The van der Waals surface area contributed by atoms with Gasteiger partial charge in [-0.1, -0.05) is 15.9 Å². The number of carbonyl (C=O) groups is 2. The third kappa shape index (κ3) is 7.67. The number of aromatic nitrogens is 3. The van der Waals surface area contributed by atoms with Gasteiger partial charge in [-0.25, -0.2) is 4.98 Å².